The molecule has 0 spiro atoms. The summed E-state index contributed by atoms with van der Waals surface area (Å²) >= 11 is 4.37. The molecule has 4 rings (SSSR count). The molecule has 1 aromatic heterocycles. The summed E-state index contributed by atoms with van der Waals surface area (Å²) in [6, 6.07) is 24.0. The Kier molecular flexibility index (Phi) is 4.28. The molecule has 1 atom stereocenters. The van der Waals surface area contributed by atoms with Crippen LogP contribution in [0.2, 0.25) is 0 Å². The topological polar surface area (TPSA) is 30.9 Å². The highest BCUT2D eigenvalue weighted by molar-refractivity contribution is 7.80. The third-order valence-electron chi connectivity index (χ3n) is 4.81. The molecule has 4 aromatic rings. The average molecular weight is 346 g/mol. The number of nitrogens with zero attached hydrogens (tertiary/aromatic N) is 1. The smallest absolute Gasteiger partial charge is 0.0541 e. The van der Waals surface area contributed by atoms with Crippen LogP contribution in [0.25, 0.3) is 27.5 Å². The van der Waals surface area contributed by atoms with Gasteiger partial charge in [-0.05, 0) is 60.6 Å². The van der Waals surface area contributed by atoms with Crippen molar-refractivity contribution in [3.63, 3.8) is 0 Å². The molecule has 0 saturated heterocycles. The van der Waals surface area contributed by atoms with Crippen LogP contribution in [0.3, 0.4) is 0 Å². The maximum atomic E-state index is 6.00. The van der Waals surface area contributed by atoms with E-state index >= 15 is 0 Å². The monoisotopic (exact) mass is 346 g/mol. The van der Waals surface area contributed by atoms with Crippen molar-refractivity contribution < 1.29 is 0 Å². The maximum absolute atomic E-state index is 6.00. The van der Waals surface area contributed by atoms with Crippen molar-refractivity contribution in [3.05, 3.63) is 77.9 Å². The lowest BCUT2D eigenvalue weighted by molar-refractivity contribution is 0.818. The van der Waals surface area contributed by atoms with Gasteiger partial charge in [-0.25, -0.2) is 0 Å². The Morgan fingerprint density at radius 3 is 2.36 bits per heavy atom. The minimum Gasteiger partial charge on any atom is -0.324 e. The summed E-state index contributed by atoms with van der Waals surface area (Å²) in [5, 5.41) is 2.58. The molecule has 1 heterocycles. The van der Waals surface area contributed by atoms with E-state index in [1.165, 1.54) is 27.4 Å². The number of hydrogen-bond acceptors (Lipinski definition) is 2. The van der Waals surface area contributed by atoms with E-state index in [4.69, 9.17) is 5.73 Å². The lowest BCUT2D eigenvalue weighted by Crippen LogP contribution is -2.05. The highest BCUT2D eigenvalue weighted by Crippen LogP contribution is 2.32. The first-order valence-electron chi connectivity index (χ1n) is 8.68. The van der Waals surface area contributed by atoms with Crippen molar-refractivity contribution in [1.82, 2.24) is 4.57 Å². The Morgan fingerprint density at radius 2 is 1.64 bits per heavy atom. The predicted octanol–water partition coefficient (Wildman–Crippen LogP) is 5.28. The molecule has 2 nitrogen and oxygen atoms in total. The highest BCUT2D eigenvalue weighted by atomic mass is 32.1. The van der Waals surface area contributed by atoms with Crippen LogP contribution >= 0.6 is 12.6 Å². The summed E-state index contributed by atoms with van der Waals surface area (Å²) < 4.78 is 2.33. The first-order chi connectivity index (χ1) is 12.2. The molecule has 3 heteroatoms. The lowest BCUT2D eigenvalue weighted by atomic mass is 10.1. The number of aryl methyl sites for hydroxylation is 1. The molecule has 0 aliphatic carbocycles. The Hall–Kier alpha value is -2.23. The predicted molar refractivity (Wildman–Crippen MR) is 111 cm³/mol. The van der Waals surface area contributed by atoms with E-state index in [9.17, 15) is 0 Å². The van der Waals surface area contributed by atoms with Crippen molar-refractivity contribution in [1.29, 1.82) is 0 Å². The summed E-state index contributed by atoms with van der Waals surface area (Å²) in [6.45, 7) is 2.01. The van der Waals surface area contributed by atoms with E-state index in [2.05, 4.69) is 83.9 Å². The molecule has 0 aliphatic rings. The van der Waals surface area contributed by atoms with Crippen molar-refractivity contribution in [2.75, 3.05) is 5.75 Å². The van der Waals surface area contributed by atoms with Gasteiger partial charge in [0.1, 0.15) is 0 Å². The Labute approximate surface area is 153 Å². The number of fused-ring (bicyclic) bond motifs is 3. The summed E-state index contributed by atoms with van der Waals surface area (Å²) in [5.74, 6) is 0.864. The minimum atomic E-state index is 0.0518. The average Bonchev–Trinajstić information content (AvgIpc) is 2.96. The van der Waals surface area contributed by atoms with Gasteiger partial charge in [0.05, 0.1) is 11.0 Å². The molecule has 0 fully saturated rings. The standard InChI is InChI=1S/C22H22N2S/c1-15(23)17-7-9-18(10-8-17)24-21-5-3-2-4-19(21)20-14-16(12-13-25)6-11-22(20)24/h2-11,14-15,25H,12-13,23H2,1H3. The molecule has 0 aliphatic heterocycles. The van der Waals surface area contributed by atoms with Crippen LogP contribution < -0.4 is 5.73 Å². The first-order valence-corrected chi connectivity index (χ1v) is 9.31. The number of benzene rings is 3. The van der Waals surface area contributed by atoms with Gasteiger partial charge in [0.15, 0.2) is 0 Å². The first kappa shape index (κ1) is 16.2. The Bertz CT molecular complexity index is 1030. The van der Waals surface area contributed by atoms with Crippen LogP contribution in [0.4, 0.5) is 0 Å². The number of thiol groups is 1. The van der Waals surface area contributed by atoms with Crippen molar-refractivity contribution in [3.8, 4) is 5.69 Å². The van der Waals surface area contributed by atoms with E-state index in [0.717, 1.165) is 23.4 Å². The van der Waals surface area contributed by atoms with Crippen LogP contribution in [0.15, 0.2) is 66.7 Å². The second-order valence-electron chi connectivity index (χ2n) is 6.56. The van der Waals surface area contributed by atoms with Crippen LogP contribution in [0, 0.1) is 0 Å². The Morgan fingerprint density at radius 1 is 0.920 bits per heavy atom. The lowest BCUT2D eigenvalue weighted by Gasteiger charge is -2.11. The minimum absolute atomic E-state index is 0.0518. The summed E-state index contributed by atoms with van der Waals surface area (Å²) in [6.07, 6.45) is 0.988. The number of rotatable bonds is 4. The molecule has 3 aromatic carbocycles. The number of hydrogen-bond donors (Lipinski definition) is 2. The zero-order valence-electron chi connectivity index (χ0n) is 14.3. The second-order valence-corrected chi connectivity index (χ2v) is 7.01. The van der Waals surface area contributed by atoms with Crippen molar-refractivity contribution in [2.45, 2.75) is 19.4 Å². The molecular weight excluding hydrogens is 324 g/mol. The number of aromatic nitrogens is 1. The highest BCUT2D eigenvalue weighted by Gasteiger charge is 2.12. The van der Waals surface area contributed by atoms with Crippen LogP contribution in [-0.2, 0) is 6.42 Å². The van der Waals surface area contributed by atoms with Gasteiger partial charge in [0.2, 0.25) is 0 Å². The Balaban J connectivity index is 1.98. The summed E-state index contributed by atoms with van der Waals surface area (Å²) in [5.41, 5.74) is 12.1. The van der Waals surface area contributed by atoms with Crippen molar-refractivity contribution >= 4 is 34.4 Å². The zero-order chi connectivity index (χ0) is 17.4. The van der Waals surface area contributed by atoms with Gasteiger partial charge in [0, 0.05) is 22.5 Å². The maximum Gasteiger partial charge on any atom is 0.0541 e. The number of nitrogens with two attached hydrogens (primary N) is 1. The molecule has 0 bridgehead atoms. The van der Waals surface area contributed by atoms with E-state index in [1.807, 2.05) is 6.92 Å². The molecule has 1 unspecified atom stereocenters. The third kappa shape index (κ3) is 2.84. The van der Waals surface area contributed by atoms with E-state index < -0.39 is 0 Å². The fourth-order valence-corrected chi connectivity index (χ4v) is 3.77. The van der Waals surface area contributed by atoms with Gasteiger partial charge in [-0.15, -0.1) is 0 Å². The second kappa shape index (κ2) is 6.58. The molecule has 0 saturated carbocycles. The van der Waals surface area contributed by atoms with Gasteiger partial charge < -0.3 is 10.3 Å². The zero-order valence-corrected chi connectivity index (χ0v) is 15.2. The van der Waals surface area contributed by atoms with Gasteiger partial charge in [-0.2, -0.15) is 12.6 Å². The molecule has 0 amide bonds. The SMILES string of the molecule is CC(N)c1ccc(-n2c3ccccc3c3cc(CCS)ccc32)cc1. The molecule has 2 N–H and O–H groups in total. The molecule has 126 valence electrons. The quantitative estimate of drug-likeness (QED) is 0.484. The largest absolute Gasteiger partial charge is 0.324 e. The van der Waals surface area contributed by atoms with E-state index in [0.29, 0.717) is 0 Å². The van der Waals surface area contributed by atoms with Gasteiger partial charge in [-0.1, -0.05) is 36.4 Å². The molecule has 0 radical (unpaired) electrons. The van der Waals surface area contributed by atoms with Gasteiger partial charge in [-0.3, -0.25) is 0 Å². The van der Waals surface area contributed by atoms with Gasteiger partial charge >= 0.3 is 0 Å². The number of para-hydroxylation sites is 1. The molecular formula is C22H22N2S. The fraction of sp³-hybridized carbons (Fsp3) is 0.182. The van der Waals surface area contributed by atoms with Crippen LogP contribution in [0.1, 0.15) is 24.1 Å². The summed E-state index contributed by atoms with van der Waals surface area (Å²) in [7, 11) is 0. The van der Waals surface area contributed by atoms with Crippen LogP contribution in [-0.4, -0.2) is 10.3 Å². The van der Waals surface area contributed by atoms with E-state index in [1.54, 1.807) is 0 Å². The van der Waals surface area contributed by atoms with Gasteiger partial charge in [0.25, 0.3) is 0 Å². The normalized spacial score (nSPS) is 12.8. The third-order valence-corrected chi connectivity index (χ3v) is 5.04. The van der Waals surface area contributed by atoms with Crippen LogP contribution in [0.5, 0.6) is 0 Å². The van der Waals surface area contributed by atoms with E-state index in [-0.39, 0.29) is 6.04 Å². The summed E-state index contributed by atoms with van der Waals surface area (Å²) in [4.78, 5) is 0. The van der Waals surface area contributed by atoms with Crippen molar-refractivity contribution in [2.24, 2.45) is 5.73 Å². The fourth-order valence-electron chi connectivity index (χ4n) is 3.51. The molecule has 25 heavy (non-hydrogen) atoms.